The number of hydrogen-bond acceptors (Lipinski definition) is 6. The number of likely N-dealkylation sites (tertiary alicyclic amines) is 1. The molecule has 27 heavy (non-hydrogen) atoms. The van der Waals surface area contributed by atoms with Gasteiger partial charge in [-0.2, -0.15) is 5.10 Å². The predicted molar refractivity (Wildman–Crippen MR) is 101 cm³/mol. The third-order valence-corrected chi connectivity index (χ3v) is 5.54. The van der Waals surface area contributed by atoms with E-state index in [9.17, 15) is 4.79 Å². The summed E-state index contributed by atoms with van der Waals surface area (Å²) in [6, 6.07) is 0. The van der Waals surface area contributed by atoms with Gasteiger partial charge < -0.3 is 9.47 Å². The molecule has 4 rings (SSSR count). The van der Waals surface area contributed by atoms with Crippen LogP contribution in [-0.4, -0.2) is 53.6 Å². The lowest BCUT2D eigenvalue weighted by Gasteiger charge is -2.32. The predicted octanol–water partition coefficient (Wildman–Crippen LogP) is 2.15. The van der Waals surface area contributed by atoms with Gasteiger partial charge in [-0.1, -0.05) is 0 Å². The second kappa shape index (κ2) is 7.99. The van der Waals surface area contributed by atoms with Gasteiger partial charge in [0.15, 0.2) is 5.82 Å². The second-order valence-corrected chi connectivity index (χ2v) is 7.63. The average molecular weight is 385 g/mol. The standard InChI is InChI=1S/C18H23N7OS/c1-13-21-16(23-22-13)4-5-17(26)24-7-2-3-14(9-24)18-19-6-8-25(18)10-15-11-27-12-20-15/h6,8,11-12,14H,2-5,7,9-10H2,1H3,(H,21,22,23). The Morgan fingerprint density at radius 2 is 2.33 bits per heavy atom. The molecule has 1 N–H and O–H groups in total. The highest BCUT2D eigenvalue weighted by molar-refractivity contribution is 7.07. The first-order chi connectivity index (χ1) is 13.2. The molecule has 1 amide bonds. The molecule has 3 aromatic rings. The van der Waals surface area contributed by atoms with E-state index in [1.807, 2.05) is 29.7 Å². The monoisotopic (exact) mass is 385 g/mol. The number of nitrogens with one attached hydrogen (secondary N) is 1. The normalized spacial score (nSPS) is 17.4. The van der Waals surface area contributed by atoms with Crippen LogP contribution in [-0.2, 0) is 17.8 Å². The van der Waals surface area contributed by atoms with Crippen molar-refractivity contribution in [2.45, 2.75) is 45.1 Å². The SMILES string of the molecule is Cc1nc(CCC(=O)N2CCCC(c3nccn3Cc3cscn3)C2)n[nH]1. The quantitative estimate of drug-likeness (QED) is 0.702. The van der Waals surface area contributed by atoms with Crippen molar-refractivity contribution in [3.8, 4) is 0 Å². The largest absolute Gasteiger partial charge is 0.342 e. The molecule has 1 aliphatic rings. The van der Waals surface area contributed by atoms with Crippen molar-refractivity contribution >= 4 is 17.2 Å². The van der Waals surface area contributed by atoms with E-state index in [0.717, 1.165) is 49.8 Å². The maximum Gasteiger partial charge on any atom is 0.223 e. The van der Waals surface area contributed by atoms with Gasteiger partial charge in [0.05, 0.1) is 17.7 Å². The van der Waals surface area contributed by atoms with E-state index in [0.29, 0.717) is 18.7 Å². The van der Waals surface area contributed by atoms with Crippen LogP contribution in [0.2, 0.25) is 0 Å². The molecule has 0 radical (unpaired) electrons. The van der Waals surface area contributed by atoms with Gasteiger partial charge in [-0.15, -0.1) is 11.3 Å². The lowest BCUT2D eigenvalue weighted by molar-refractivity contribution is -0.132. The van der Waals surface area contributed by atoms with Crippen molar-refractivity contribution in [3.63, 3.8) is 0 Å². The molecule has 9 heteroatoms. The maximum absolute atomic E-state index is 12.7. The number of aromatic nitrogens is 6. The molecule has 1 unspecified atom stereocenters. The fourth-order valence-corrected chi connectivity index (χ4v) is 4.15. The summed E-state index contributed by atoms with van der Waals surface area (Å²) in [5, 5.41) is 8.99. The highest BCUT2D eigenvalue weighted by Crippen LogP contribution is 2.26. The van der Waals surface area contributed by atoms with Crippen LogP contribution in [0.1, 0.15) is 48.3 Å². The Labute approximate surface area is 161 Å². The molecular formula is C18H23N7OS. The van der Waals surface area contributed by atoms with Gasteiger partial charge in [0, 0.05) is 49.6 Å². The summed E-state index contributed by atoms with van der Waals surface area (Å²) < 4.78 is 2.16. The number of piperidine rings is 1. The Bertz CT molecular complexity index is 885. The number of aryl methyl sites for hydroxylation is 2. The van der Waals surface area contributed by atoms with Gasteiger partial charge in [0.25, 0.3) is 0 Å². The number of hydrogen-bond donors (Lipinski definition) is 1. The summed E-state index contributed by atoms with van der Waals surface area (Å²) in [5.41, 5.74) is 2.90. The highest BCUT2D eigenvalue weighted by atomic mass is 32.1. The van der Waals surface area contributed by atoms with Crippen molar-refractivity contribution < 1.29 is 4.79 Å². The van der Waals surface area contributed by atoms with Crippen molar-refractivity contribution in [3.05, 3.63) is 46.5 Å². The zero-order chi connectivity index (χ0) is 18.6. The number of carbonyl (C=O) groups is 1. The topological polar surface area (TPSA) is 92.6 Å². The third-order valence-electron chi connectivity index (χ3n) is 4.91. The molecule has 0 saturated carbocycles. The summed E-state index contributed by atoms with van der Waals surface area (Å²) in [4.78, 5) is 27.9. The molecule has 1 atom stereocenters. The van der Waals surface area contributed by atoms with Crippen LogP contribution >= 0.6 is 11.3 Å². The first-order valence-corrected chi connectivity index (χ1v) is 10.2. The first kappa shape index (κ1) is 17.8. The molecule has 3 aromatic heterocycles. The Kier molecular flexibility index (Phi) is 5.28. The van der Waals surface area contributed by atoms with Crippen LogP contribution in [0.4, 0.5) is 0 Å². The number of aromatic amines is 1. The lowest BCUT2D eigenvalue weighted by Crippen LogP contribution is -2.40. The summed E-state index contributed by atoms with van der Waals surface area (Å²) in [7, 11) is 0. The molecule has 0 spiro atoms. The number of H-pyrrole nitrogens is 1. The molecule has 0 bridgehead atoms. The van der Waals surface area contributed by atoms with Crippen LogP contribution < -0.4 is 0 Å². The van der Waals surface area contributed by atoms with Crippen molar-refractivity contribution in [2.24, 2.45) is 0 Å². The molecule has 0 aromatic carbocycles. The molecule has 1 saturated heterocycles. The van der Waals surface area contributed by atoms with Crippen molar-refractivity contribution in [2.75, 3.05) is 13.1 Å². The van der Waals surface area contributed by atoms with Gasteiger partial charge >= 0.3 is 0 Å². The molecule has 4 heterocycles. The van der Waals surface area contributed by atoms with E-state index in [2.05, 4.69) is 35.1 Å². The van der Waals surface area contributed by atoms with Gasteiger partial charge in [-0.25, -0.2) is 15.0 Å². The number of amides is 1. The maximum atomic E-state index is 12.7. The minimum absolute atomic E-state index is 0.166. The molecule has 142 valence electrons. The summed E-state index contributed by atoms with van der Waals surface area (Å²) in [6.45, 7) is 4.13. The van der Waals surface area contributed by atoms with Crippen LogP contribution in [0.25, 0.3) is 0 Å². The van der Waals surface area contributed by atoms with E-state index in [1.165, 1.54) is 0 Å². The zero-order valence-electron chi connectivity index (χ0n) is 15.3. The summed E-state index contributed by atoms with van der Waals surface area (Å²) in [5.74, 6) is 2.96. The summed E-state index contributed by atoms with van der Waals surface area (Å²) >= 11 is 1.60. The van der Waals surface area contributed by atoms with Crippen LogP contribution in [0.3, 0.4) is 0 Å². The Morgan fingerprint density at radius 3 is 3.11 bits per heavy atom. The third kappa shape index (κ3) is 4.24. The molecule has 1 aliphatic heterocycles. The number of thiazole rings is 1. The van der Waals surface area contributed by atoms with Gasteiger partial charge in [-0.3, -0.25) is 9.89 Å². The minimum Gasteiger partial charge on any atom is -0.342 e. The number of nitrogens with zero attached hydrogens (tertiary/aromatic N) is 6. The average Bonchev–Trinajstić information content (AvgIpc) is 3.43. The van der Waals surface area contributed by atoms with Crippen LogP contribution in [0.5, 0.6) is 0 Å². The second-order valence-electron chi connectivity index (χ2n) is 6.91. The molecule has 0 aliphatic carbocycles. The smallest absolute Gasteiger partial charge is 0.223 e. The van der Waals surface area contributed by atoms with E-state index >= 15 is 0 Å². The number of carbonyl (C=O) groups excluding carboxylic acids is 1. The Morgan fingerprint density at radius 1 is 1.41 bits per heavy atom. The molecule has 1 fully saturated rings. The fraction of sp³-hybridized carbons (Fsp3) is 0.500. The highest BCUT2D eigenvalue weighted by Gasteiger charge is 2.27. The van der Waals surface area contributed by atoms with Gasteiger partial charge in [0.2, 0.25) is 5.91 Å². The lowest BCUT2D eigenvalue weighted by atomic mass is 9.96. The van der Waals surface area contributed by atoms with E-state index in [1.54, 1.807) is 11.3 Å². The minimum atomic E-state index is 0.166. The van der Waals surface area contributed by atoms with Gasteiger partial charge in [-0.05, 0) is 19.8 Å². The molecule has 8 nitrogen and oxygen atoms in total. The molecular weight excluding hydrogens is 362 g/mol. The van der Waals surface area contributed by atoms with Crippen molar-refractivity contribution in [1.29, 1.82) is 0 Å². The first-order valence-electron chi connectivity index (χ1n) is 9.23. The van der Waals surface area contributed by atoms with E-state index in [4.69, 9.17) is 0 Å². The van der Waals surface area contributed by atoms with Crippen LogP contribution in [0.15, 0.2) is 23.3 Å². The Balaban J connectivity index is 1.38. The summed E-state index contributed by atoms with van der Waals surface area (Å²) in [6.07, 6.45) is 6.91. The van der Waals surface area contributed by atoms with Crippen LogP contribution in [0, 0.1) is 6.92 Å². The van der Waals surface area contributed by atoms with E-state index in [-0.39, 0.29) is 11.8 Å². The van der Waals surface area contributed by atoms with Crippen molar-refractivity contribution in [1.82, 2.24) is 34.6 Å². The zero-order valence-corrected chi connectivity index (χ0v) is 16.2. The Hall–Kier alpha value is -2.55. The van der Waals surface area contributed by atoms with E-state index < -0.39 is 0 Å². The number of rotatable bonds is 6. The number of imidazole rings is 1. The van der Waals surface area contributed by atoms with Gasteiger partial charge in [0.1, 0.15) is 11.6 Å². The fourth-order valence-electron chi connectivity index (χ4n) is 3.60.